The molecule has 16 atom stereocenters. The van der Waals surface area contributed by atoms with Crippen molar-refractivity contribution in [3.05, 3.63) is 142 Å². The van der Waals surface area contributed by atoms with E-state index in [9.17, 15) is 39.3 Å². The second kappa shape index (κ2) is 45.8. The summed E-state index contributed by atoms with van der Waals surface area (Å²) in [4.78, 5) is 125. The van der Waals surface area contributed by atoms with Gasteiger partial charge in [0, 0.05) is 193 Å². The lowest BCUT2D eigenvalue weighted by Gasteiger charge is -2.43. The summed E-state index contributed by atoms with van der Waals surface area (Å²) in [6.45, 7) is 24.7. The topological polar surface area (TPSA) is 428 Å². The summed E-state index contributed by atoms with van der Waals surface area (Å²) in [7, 11) is 6.30. The van der Waals surface area contributed by atoms with Crippen molar-refractivity contribution >= 4 is 81.0 Å². The third kappa shape index (κ3) is 23.8. The molecule has 0 spiro atoms. The van der Waals surface area contributed by atoms with E-state index in [2.05, 4.69) is 75.7 Å². The fourth-order valence-electron chi connectivity index (χ4n) is 20.7. The number of allylic oxidation sites excluding steroid dienone is 5. The van der Waals surface area contributed by atoms with Crippen LogP contribution in [0.3, 0.4) is 0 Å². The summed E-state index contributed by atoms with van der Waals surface area (Å²) >= 11 is 0. The number of piperazine rings is 2. The van der Waals surface area contributed by atoms with E-state index in [0.29, 0.717) is 179 Å². The highest BCUT2D eigenvalue weighted by Gasteiger charge is 2.54. The van der Waals surface area contributed by atoms with Gasteiger partial charge in [0.15, 0.2) is 17.8 Å². The van der Waals surface area contributed by atoms with E-state index in [1.165, 1.54) is 23.9 Å². The summed E-state index contributed by atoms with van der Waals surface area (Å²) < 4.78 is 50.7. The van der Waals surface area contributed by atoms with Crippen LogP contribution in [0.15, 0.2) is 118 Å². The van der Waals surface area contributed by atoms with Crippen LogP contribution in [0.25, 0.3) is 33.4 Å². The monoisotopic (exact) mass is 1880 g/mol. The zero-order chi connectivity index (χ0) is 96.0. The van der Waals surface area contributed by atoms with E-state index < -0.39 is 78.1 Å². The number of piperidine rings is 1. The van der Waals surface area contributed by atoms with E-state index in [1.807, 2.05) is 92.9 Å². The Morgan fingerprint density at radius 1 is 0.699 bits per heavy atom. The predicted molar refractivity (Wildman–Crippen MR) is 512 cm³/mol. The average molecular weight is 1880 g/mol. The third-order valence-electron chi connectivity index (χ3n) is 29.0. The first-order valence-corrected chi connectivity index (χ1v) is 48.5. The number of carbonyl (C=O) groups is 5. The van der Waals surface area contributed by atoms with Crippen LogP contribution in [0.2, 0.25) is 0 Å². The van der Waals surface area contributed by atoms with Crippen molar-refractivity contribution in [2.24, 2.45) is 40.7 Å². The largest absolute Gasteiger partial charge is 0.460 e. The van der Waals surface area contributed by atoms with Crippen molar-refractivity contribution in [3.8, 4) is 11.3 Å². The Hall–Kier alpha value is -10.6. The molecule has 36 heteroatoms. The van der Waals surface area contributed by atoms with E-state index in [0.717, 1.165) is 105 Å². The van der Waals surface area contributed by atoms with Crippen molar-refractivity contribution in [1.82, 2.24) is 69.2 Å². The first-order chi connectivity index (χ1) is 65.6. The van der Waals surface area contributed by atoms with E-state index in [4.69, 9.17) is 74.1 Å². The first kappa shape index (κ1) is 99.8. The first-order valence-electron chi connectivity index (χ1n) is 48.5. The molecule has 7 N–H and O–H groups in total. The summed E-state index contributed by atoms with van der Waals surface area (Å²) in [6.07, 6.45) is 19.8. The van der Waals surface area contributed by atoms with Crippen molar-refractivity contribution in [2.45, 2.75) is 219 Å². The number of hydrogen-bond acceptors (Lipinski definition) is 32. The predicted octanol–water partition coefficient (Wildman–Crippen LogP) is 8.91. The molecule has 1 aliphatic carbocycles. The van der Waals surface area contributed by atoms with Gasteiger partial charge < -0.3 is 93.7 Å². The summed E-state index contributed by atoms with van der Waals surface area (Å²) in [5.74, 6) is -5.59. The molecule has 3 amide bonds. The second-order valence-corrected chi connectivity index (χ2v) is 38.4. The minimum Gasteiger partial charge on any atom is -0.460 e. The average Bonchev–Trinajstić information content (AvgIpc) is 1.51. The Balaban J connectivity index is 0.515. The number of esters is 1. The summed E-state index contributed by atoms with van der Waals surface area (Å²) in [5.41, 5.74) is 22.8. The van der Waals surface area contributed by atoms with E-state index >= 15 is 0 Å². The molecule has 2 bridgehead atoms. The fraction of sp³-hybridized carbons (Fsp3) is 0.600. The molecular weight excluding hydrogens is 1740 g/mol. The number of ether oxygens (including phenoxy) is 7. The number of amides is 3. The smallest absolute Gasteiger partial charge is 0.329 e. The Bertz CT molecular complexity index is 5460. The number of ketones is 1. The van der Waals surface area contributed by atoms with Crippen molar-refractivity contribution in [1.29, 1.82) is 0 Å². The molecular formula is C100H137N19O17. The molecule has 5 fully saturated rings. The number of Topliss-reactive ketones (excluding diaryl/α,β-unsaturated/α-hetero) is 1. The van der Waals surface area contributed by atoms with Gasteiger partial charge in [-0.05, 0) is 148 Å². The summed E-state index contributed by atoms with van der Waals surface area (Å²) in [5, 5.41) is 45.9. The van der Waals surface area contributed by atoms with E-state index in [-0.39, 0.29) is 79.5 Å². The number of aliphatic hydroxyl groups is 3. The lowest BCUT2D eigenvalue weighted by Crippen LogP contribution is -2.61. The molecule has 8 aliphatic rings. The van der Waals surface area contributed by atoms with Crippen LogP contribution in [-0.4, -0.2) is 314 Å². The lowest BCUT2D eigenvalue weighted by molar-refractivity contribution is -0.265. The summed E-state index contributed by atoms with van der Waals surface area (Å²) in [6, 6.07) is 10.9. The third-order valence-corrected chi connectivity index (χ3v) is 29.0. The highest BCUT2D eigenvalue weighted by atomic mass is 16.6. The van der Waals surface area contributed by atoms with Crippen molar-refractivity contribution in [2.75, 3.05) is 155 Å². The number of benzene rings is 2. The van der Waals surface area contributed by atoms with Crippen LogP contribution in [0.4, 0.5) is 23.7 Å². The van der Waals surface area contributed by atoms with Gasteiger partial charge in [-0.25, -0.2) is 39.4 Å². The molecule has 734 valence electrons. The molecule has 4 saturated heterocycles. The number of methoxy groups -OCH3 is 4. The number of carbonyl (C=O) groups excluding carboxylic acids is 5. The van der Waals surface area contributed by atoms with Crippen molar-refractivity contribution in [3.63, 3.8) is 0 Å². The Morgan fingerprint density at radius 3 is 2.16 bits per heavy atom. The molecule has 12 heterocycles. The minimum atomic E-state index is -2.45. The van der Waals surface area contributed by atoms with Gasteiger partial charge in [0.05, 0.1) is 72.6 Å². The number of fused-ring (bicyclic) bond motifs is 7. The zero-order valence-corrected chi connectivity index (χ0v) is 80.5. The number of oxazole rings is 1. The number of cyclic esters (lactones) is 1. The van der Waals surface area contributed by atoms with Crippen LogP contribution in [0.1, 0.15) is 164 Å². The molecule has 7 aromatic rings. The number of nitrogens with zero attached hydrogens (tertiary/aromatic N) is 17. The second-order valence-electron chi connectivity index (χ2n) is 38.4. The zero-order valence-electron chi connectivity index (χ0n) is 80.5. The van der Waals surface area contributed by atoms with Gasteiger partial charge in [-0.1, -0.05) is 94.4 Å². The van der Waals surface area contributed by atoms with Gasteiger partial charge in [0.2, 0.25) is 17.7 Å². The molecule has 5 aromatic heterocycles. The van der Waals surface area contributed by atoms with Crippen molar-refractivity contribution < 1.29 is 81.7 Å². The molecule has 1 saturated carbocycles. The maximum absolute atomic E-state index is 14.9. The number of anilines is 4. The van der Waals surface area contributed by atoms with Gasteiger partial charge in [0.1, 0.15) is 47.7 Å². The molecule has 136 heavy (non-hydrogen) atoms. The van der Waals surface area contributed by atoms with Crippen LogP contribution in [-0.2, 0) is 89.6 Å². The van der Waals surface area contributed by atoms with Gasteiger partial charge >= 0.3 is 5.97 Å². The number of oxime groups is 1. The molecule has 7 aliphatic heterocycles. The van der Waals surface area contributed by atoms with Crippen LogP contribution in [0, 0.1) is 35.5 Å². The highest BCUT2D eigenvalue weighted by Crippen LogP contribution is 2.41. The van der Waals surface area contributed by atoms with Gasteiger partial charge in [-0.3, -0.25) is 29.0 Å². The standard InChI is InChI=1S/C100H137N19O17/c1-61-17-13-12-14-18-62(2)81(128-8)51-75-25-20-67(7)100(127,136-75)91(123)95(125)118-30-16-15-19-78(118)96(126)134-83(64(4)47-68-22-26-79(120)84(49-68)130-10)52-82(129-9)63(3)46-66(6)89(122)90(131-11)87(65(5)45-61)111-133-59-85(121)116-32-29-76-74(58-116)55-105-99(109-76)115-39-35-113(36-40-115)42-44-132-43-41-112-33-37-114(38-34-112)98-103-53-73(54-104-98)94(124)117-31-28-70-48-69(21-23-72(70)57-117)56-119-93-86(92(101)106-60-107-93)88(110-119)71-24-27-80-77(50-71)108-97(102)135-80/h12-14,17-18,21,23-24,27,46,48,50,53-55,60-61,63-65,67-68,75,78-79,81-84,89-90,120,122,127H,15-16,19-20,22,25-26,28-45,47,49,51-52,56-59H2,1-11H3,(H2,102,108)(H2,101,106,107)/b14-12+,17-13+,62-18+,66-46+,111-87+/t61-,63-,64-,65-,67-,68+,75+,78+,79-,81+,82-,83+,84-,89-,90+,100-/m1/s1. The maximum atomic E-state index is 14.9. The van der Waals surface area contributed by atoms with Gasteiger partial charge in [0.25, 0.3) is 29.5 Å². The Kier molecular flexibility index (Phi) is 33.6. The SMILES string of the molecule is CO[C@H]1C[C@@H]2CC[C@@H](C)[C@@](O)(O2)C(=O)C(=O)N2CCCC[C@H]2C(=O)O[C@H]([C@H](C)C[C@@H]2CC[C@@H](O)[C@H](OC)C2)C[C@@H](OC)[C@H](C)/C=C(\C)[C@@H](O)[C@@H](OC)/C(=N/OCC(=O)N2CCc3nc(N4CCN(CCOCCN5CCN(c6ncc(C(=O)N7CCc8cc(Cn9nc(-c%10ccc%11oc(N)nc%11c%10)c%10c(N)ncnc%109)ccc8C7)cn6)CC5)CC4)ncc3C2)[C@H](C)C[C@H](C)/C=C/C=C/C=C/1C. The lowest BCUT2D eigenvalue weighted by atomic mass is 9.78. The number of nitrogens with two attached hydrogens (primary N) is 2. The number of hydrogen-bond donors (Lipinski definition) is 5. The molecule has 0 radical (unpaired) electrons. The van der Waals surface area contributed by atoms with Crippen LogP contribution >= 0.6 is 0 Å². The molecule has 36 nitrogen and oxygen atoms in total. The fourth-order valence-corrected chi connectivity index (χ4v) is 20.7. The molecule has 15 rings (SSSR count). The van der Waals surface area contributed by atoms with Crippen LogP contribution in [0.5, 0.6) is 0 Å². The number of nitrogen functional groups attached to an aromatic ring is 2. The quantitative estimate of drug-likeness (QED) is 0.0139. The van der Waals surface area contributed by atoms with Gasteiger partial charge in [-0.2, -0.15) is 10.1 Å². The van der Waals surface area contributed by atoms with Gasteiger partial charge in [-0.15, -0.1) is 0 Å². The highest BCUT2D eigenvalue weighted by molar-refractivity contribution is 6.39. The molecule has 2 aromatic carbocycles. The minimum absolute atomic E-state index is 0.0184. The number of rotatable bonds is 22. The Morgan fingerprint density at radius 2 is 1.43 bits per heavy atom. The number of aromatic nitrogens is 9. The maximum Gasteiger partial charge on any atom is 0.329 e. The van der Waals surface area contributed by atoms with E-state index in [1.54, 1.807) is 51.6 Å². The normalized spacial score (nSPS) is 29.0. The molecule has 0 unspecified atom stereocenters. The van der Waals surface area contributed by atoms with Crippen LogP contribution < -0.4 is 21.3 Å². The Labute approximate surface area is 795 Å². The number of aliphatic hydroxyl groups excluding tert-OH is 2.